The summed E-state index contributed by atoms with van der Waals surface area (Å²) in [5.41, 5.74) is 6.05. The highest BCUT2D eigenvalue weighted by Gasteiger charge is 2.23. The molecule has 17 heavy (non-hydrogen) atoms. The summed E-state index contributed by atoms with van der Waals surface area (Å²) in [6.45, 7) is 7.97. The molecule has 0 aliphatic rings. The summed E-state index contributed by atoms with van der Waals surface area (Å²) in [5.74, 6) is -0.808. The van der Waals surface area contributed by atoms with E-state index in [-0.39, 0.29) is 28.6 Å². The molecule has 1 aromatic carbocycles. The minimum absolute atomic E-state index is 0.0299. The number of anilines is 1. The van der Waals surface area contributed by atoms with Crippen LogP contribution in [0, 0.1) is 11.2 Å². The molecule has 4 heteroatoms. The van der Waals surface area contributed by atoms with E-state index in [1.165, 1.54) is 12.1 Å². The quantitative estimate of drug-likeness (QED) is 0.778. The largest absolute Gasteiger partial charge is 0.398 e. The normalized spacial score (nSPS) is 13.2. The molecule has 1 rings (SSSR count). The Hall–Kier alpha value is -1.58. The fraction of sp³-hybridized carbons (Fsp3) is 0.462. The van der Waals surface area contributed by atoms with Crippen LogP contribution >= 0.6 is 0 Å². The van der Waals surface area contributed by atoms with Gasteiger partial charge in [-0.15, -0.1) is 0 Å². The monoisotopic (exact) mass is 238 g/mol. The Labute approximate surface area is 101 Å². The predicted molar refractivity (Wildman–Crippen MR) is 67.2 cm³/mol. The van der Waals surface area contributed by atoms with Crippen molar-refractivity contribution in [2.45, 2.75) is 33.7 Å². The van der Waals surface area contributed by atoms with Gasteiger partial charge < -0.3 is 11.1 Å². The van der Waals surface area contributed by atoms with E-state index in [1.807, 2.05) is 27.7 Å². The van der Waals surface area contributed by atoms with Gasteiger partial charge in [-0.25, -0.2) is 4.39 Å². The molecule has 1 atom stereocenters. The van der Waals surface area contributed by atoms with Crippen LogP contribution in [-0.2, 0) is 0 Å². The number of hydrogen-bond acceptors (Lipinski definition) is 2. The summed E-state index contributed by atoms with van der Waals surface area (Å²) in [6, 6.07) is 3.75. The van der Waals surface area contributed by atoms with Crippen LogP contribution in [0.1, 0.15) is 38.1 Å². The number of benzene rings is 1. The van der Waals surface area contributed by atoms with Gasteiger partial charge in [-0.3, -0.25) is 4.79 Å². The molecule has 0 saturated heterocycles. The first kappa shape index (κ1) is 13.5. The number of nitrogens with one attached hydrogen (secondary N) is 1. The highest BCUT2D eigenvalue weighted by atomic mass is 19.1. The minimum Gasteiger partial charge on any atom is -0.398 e. The van der Waals surface area contributed by atoms with Gasteiger partial charge in [0.25, 0.3) is 5.91 Å². The molecule has 0 bridgehead atoms. The van der Waals surface area contributed by atoms with Gasteiger partial charge in [0, 0.05) is 11.7 Å². The molecule has 0 aliphatic carbocycles. The predicted octanol–water partition coefficient (Wildman–Crippen LogP) is 2.57. The van der Waals surface area contributed by atoms with E-state index >= 15 is 0 Å². The molecular formula is C13H19FN2O. The Balaban J connectivity index is 2.87. The molecule has 0 aliphatic heterocycles. The first-order chi connectivity index (χ1) is 7.71. The molecule has 1 unspecified atom stereocenters. The van der Waals surface area contributed by atoms with Gasteiger partial charge in [0.1, 0.15) is 5.82 Å². The third kappa shape index (κ3) is 3.44. The van der Waals surface area contributed by atoms with Crippen molar-refractivity contribution in [2.75, 3.05) is 5.73 Å². The zero-order chi connectivity index (χ0) is 13.2. The lowest BCUT2D eigenvalue weighted by atomic mass is 9.88. The van der Waals surface area contributed by atoms with Crippen molar-refractivity contribution in [3.05, 3.63) is 29.6 Å². The maximum atomic E-state index is 13.0. The average molecular weight is 238 g/mol. The summed E-state index contributed by atoms with van der Waals surface area (Å²) in [4.78, 5) is 11.9. The molecule has 0 spiro atoms. The van der Waals surface area contributed by atoms with Crippen LogP contribution < -0.4 is 11.1 Å². The van der Waals surface area contributed by atoms with Crippen molar-refractivity contribution in [3.8, 4) is 0 Å². The lowest BCUT2D eigenvalue weighted by molar-refractivity contribution is 0.0910. The Morgan fingerprint density at radius 1 is 1.41 bits per heavy atom. The zero-order valence-corrected chi connectivity index (χ0v) is 10.7. The fourth-order valence-corrected chi connectivity index (χ4v) is 1.22. The third-order valence-electron chi connectivity index (χ3n) is 2.91. The Morgan fingerprint density at radius 2 is 2.00 bits per heavy atom. The number of carbonyl (C=O) groups is 1. The maximum absolute atomic E-state index is 13.0. The number of nitrogens with two attached hydrogens (primary N) is 1. The van der Waals surface area contributed by atoms with Crippen molar-refractivity contribution in [1.82, 2.24) is 5.32 Å². The third-order valence-corrected chi connectivity index (χ3v) is 2.91. The van der Waals surface area contributed by atoms with E-state index in [4.69, 9.17) is 5.73 Å². The molecule has 0 aromatic heterocycles. The first-order valence-electron chi connectivity index (χ1n) is 5.57. The van der Waals surface area contributed by atoms with Crippen molar-refractivity contribution < 1.29 is 9.18 Å². The van der Waals surface area contributed by atoms with Gasteiger partial charge in [-0.05, 0) is 30.5 Å². The summed E-state index contributed by atoms with van der Waals surface area (Å²) in [7, 11) is 0. The van der Waals surface area contributed by atoms with E-state index in [0.29, 0.717) is 0 Å². The lowest BCUT2D eigenvalue weighted by Gasteiger charge is -2.28. The molecule has 0 fully saturated rings. The van der Waals surface area contributed by atoms with E-state index in [1.54, 1.807) is 0 Å². The number of hydrogen-bond donors (Lipinski definition) is 2. The Bertz CT molecular complexity index is 424. The zero-order valence-electron chi connectivity index (χ0n) is 10.7. The van der Waals surface area contributed by atoms with E-state index in [2.05, 4.69) is 5.32 Å². The van der Waals surface area contributed by atoms with Crippen molar-refractivity contribution in [3.63, 3.8) is 0 Å². The van der Waals surface area contributed by atoms with Crippen LogP contribution in [-0.4, -0.2) is 11.9 Å². The van der Waals surface area contributed by atoms with E-state index < -0.39 is 5.82 Å². The molecule has 0 saturated carbocycles. The van der Waals surface area contributed by atoms with Crippen molar-refractivity contribution in [1.29, 1.82) is 0 Å². The number of amides is 1. The Morgan fingerprint density at radius 3 is 2.53 bits per heavy atom. The molecule has 1 aromatic rings. The summed E-state index contributed by atoms with van der Waals surface area (Å²) < 4.78 is 13.0. The van der Waals surface area contributed by atoms with Crippen LogP contribution in [0.4, 0.5) is 10.1 Å². The average Bonchev–Trinajstić information content (AvgIpc) is 2.20. The van der Waals surface area contributed by atoms with Crippen LogP contribution in [0.3, 0.4) is 0 Å². The second kappa shape index (κ2) is 4.73. The molecule has 0 radical (unpaired) electrons. The number of halogens is 1. The van der Waals surface area contributed by atoms with Gasteiger partial charge in [-0.2, -0.15) is 0 Å². The smallest absolute Gasteiger partial charge is 0.253 e. The molecule has 0 heterocycles. The molecule has 3 nitrogen and oxygen atoms in total. The topological polar surface area (TPSA) is 55.1 Å². The highest BCUT2D eigenvalue weighted by Crippen LogP contribution is 2.20. The molecular weight excluding hydrogens is 219 g/mol. The molecule has 3 N–H and O–H groups in total. The summed E-state index contributed by atoms with van der Waals surface area (Å²) >= 11 is 0. The van der Waals surface area contributed by atoms with Crippen LogP contribution in [0.15, 0.2) is 18.2 Å². The highest BCUT2D eigenvalue weighted by molar-refractivity contribution is 5.99. The summed E-state index contributed by atoms with van der Waals surface area (Å²) in [6.07, 6.45) is 0. The second-order valence-electron chi connectivity index (χ2n) is 5.29. The van der Waals surface area contributed by atoms with E-state index in [0.717, 1.165) is 6.07 Å². The van der Waals surface area contributed by atoms with E-state index in [9.17, 15) is 9.18 Å². The van der Waals surface area contributed by atoms with Gasteiger partial charge in [0.05, 0.1) is 5.56 Å². The summed E-state index contributed by atoms with van der Waals surface area (Å²) in [5, 5.41) is 2.82. The lowest BCUT2D eigenvalue weighted by Crippen LogP contribution is -2.41. The van der Waals surface area contributed by atoms with Gasteiger partial charge in [0.2, 0.25) is 0 Å². The fourth-order valence-electron chi connectivity index (χ4n) is 1.22. The number of carbonyl (C=O) groups excluding carboxylic acids is 1. The first-order valence-corrected chi connectivity index (χ1v) is 5.57. The van der Waals surface area contributed by atoms with Crippen LogP contribution in [0.25, 0.3) is 0 Å². The van der Waals surface area contributed by atoms with Gasteiger partial charge in [-0.1, -0.05) is 20.8 Å². The second-order valence-corrected chi connectivity index (χ2v) is 5.29. The van der Waals surface area contributed by atoms with Crippen molar-refractivity contribution in [2.24, 2.45) is 5.41 Å². The Kier molecular flexibility index (Phi) is 3.76. The standard InChI is InChI=1S/C13H19FN2O/c1-8(13(2,3)4)16-12(17)10-7-9(14)5-6-11(10)15/h5-8H,15H2,1-4H3,(H,16,17). The van der Waals surface area contributed by atoms with Crippen LogP contribution in [0.2, 0.25) is 0 Å². The number of rotatable bonds is 2. The van der Waals surface area contributed by atoms with Crippen molar-refractivity contribution >= 4 is 11.6 Å². The minimum atomic E-state index is -0.465. The number of nitrogen functional groups attached to an aromatic ring is 1. The molecule has 1 amide bonds. The maximum Gasteiger partial charge on any atom is 0.253 e. The SMILES string of the molecule is CC(NC(=O)c1cc(F)ccc1N)C(C)(C)C. The van der Waals surface area contributed by atoms with Gasteiger partial charge >= 0.3 is 0 Å². The van der Waals surface area contributed by atoms with Crippen LogP contribution in [0.5, 0.6) is 0 Å². The molecule has 94 valence electrons. The van der Waals surface area contributed by atoms with Gasteiger partial charge in [0.15, 0.2) is 0 Å².